The van der Waals surface area contributed by atoms with Gasteiger partial charge in [-0.15, -0.1) is 0 Å². The average Bonchev–Trinajstić information content (AvgIpc) is 2.90. The van der Waals surface area contributed by atoms with Gasteiger partial charge in [-0.25, -0.2) is 4.98 Å². The average molecular weight is 481 g/mol. The van der Waals surface area contributed by atoms with E-state index >= 15 is 0 Å². The Morgan fingerprint density at radius 3 is 2.64 bits per heavy atom. The molecular formula is C28H28N6O2. The first-order valence-electron chi connectivity index (χ1n) is 11.9. The van der Waals surface area contributed by atoms with Crippen LogP contribution < -0.4 is 20.7 Å². The van der Waals surface area contributed by atoms with Gasteiger partial charge < -0.3 is 15.1 Å². The number of amides is 1. The second-order valence-electron chi connectivity index (χ2n) is 8.83. The lowest BCUT2D eigenvalue weighted by Crippen LogP contribution is -2.43. The topological polar surface area (TPSA) is 83.4 Å². The van der Waals surface area contributed by atoms with Crippen molar-refractivity contribution in [2.45, 2.75) is 20.3 Å². The summed E-state index contributed by atoms with van der Waals surface area (Å²) in [6.45, 7) is 8.64. The molecule has 0 bridgehead atoms. The molecule has 2 aromatic heterocycles. The largest absolute Gasteiger partial charge is 0.333 e. The number of benzene rings is 2. The van der Waals surface area contributed by atoms with Crippen LogP contribution in [0.4, 0.5) is 28.7 Å². The lowest BCUT2D eigenvalue weighted by molar-refractivity contribution is -0.114. The summed E-state index contributed by atoms with van der Waals surface area (Å²) in [5.74, 6) is 0.265. The maximum absolute atomic E-state index is 13.5. The lowest BCUT2D eigenvalue weighted by atomic mass is 10.1. The number of carbonyl (C=O) groups excluding carboxylic acids is 1. The van der Waals surface area contributed by atoms with E-state index in [2.05, 4.69) is 40.9 Å². The number of fused-ring (bicyclic) bond motifs is 2. The minimum atomic E-state index is -0.171. The molecule has 0 aliphatic carbocycles. The number of hydrogen-bond acceptors (Lipinski definition) is 6. The maximum Gasteiger partial charge on any atom is 0.275 e. The molecule has 5 rings (SSSR count). The van der Waals surface area contributed by atoms with Gasteiger partial charge in [0.1, 0.15) is 11.3 Å². The Labute approximate surface area is 209 Å². The first-order chi connectivity index (χ1) is 17.4. The van der Waals surface area contributed by atoms with E-state index in [0.29, 0.717) is 30.4 Å². The van der Waals surface area contributed by atoms with E-state index in [4.69, 9.17) is 0 Å². The number of carbonyl (C=O) groups is 1. The van der Waals surface area contributed by atoms with Crippen LogP contribution in [-0.4, -0.2) is 33.5 Å². The Hall–Kier alpha value is -4.46. The molecular weight excluding hydrogens is 452 g/mol. The first kappa shape index (κ1) is 23.3. The molecule has 0 fully saturated rings. The van der Waals surface area contributed by atoms with Crippen LogP contribution in [0, 0.1) is 6.92 Å². The standard InChI is InChI=1S/C28H28N6O2/c1-5-19-10-12-21(13-11-19)30-28-29-17-20-16-23(27(36)32(4)26(20)31-28)33-14-15-34(24(35)6-2)25-18(3)8-7-9-22(25)33/h6-13,16-17H,2,5,14-15H2,1,3-4H3,(H,29,30,31). The fourth-order valence-corrected chi connectivity index (χ4v) is 4.66. The molecule has 0 atom stereocenters. The van der Waals surface area contributed by atoms with Gasteiger partial charge in [-0.2, -0.15) is 4.98 Å². The number of pyridine rings is 1. The molecule has 2 aromatic carbocycles. The number of nitrogens with zero attached hydrogens (tertiary/aromatic N) is 5. The summed E-state index contributed by atoms with van der Waals surface area (Å²) in [5, 5.41) is 3.97. The zero-order valence-electron chi connectivity index (χ0n) is 20.7. The van der Waals surface area contributed by atoms with Crippen molar-refractivity contribution in [3.8, 4) is 0 Å². The van der Waals surface area contributed by atoms with Crippen LogP contribution in [0.3, 0.4) is 0 Å². The molecule has 0 radical (unpaired) electrons. The Kier molecular flexibility index (Phi) is 6.01. The van der Waals surface area contributed by atoms with E-state index in [1.807, 2.05) is 48.2 Å². The smallest absolute Gasteiger partial charge is 0.275 e. The molecule has 0 spiro atoms. The second-order valence-corrected chi connectivity index (χ2v) is 8.83. The van der Waals surface area contributed by atoms with Crippen LogP contribution in [0.2, 0.25) is 0 Å². The monoisotopic (exact) mass is 480 g/mol. The molecule has 36 heavy (non-hydrogen) atoms. The molecule has 1 aliphatic rings. The van der Waals surface area contributed by atoms with Crippen molar-refractivity contribution in [2.75, 3.05) is 28.2 Å². The van der Waals surface area contributed by atoms with Gasteiger partial charge >= 0.3 is 0 Å². The predicted molar refractivity (Wildman–Crippen MR) is 145 cm³/mol. The fraction of sp³-hybridized carbons (Fsp3) is 0.214. The molecule has 1 N–H and O–H groups in total. The minimum Gasteiger partial charge on any atom is -0.333 e. The number of aromatic nitrogens is 3. The summed E-state index contributed by atoms with van der Waals surface area (Å²) in [7, 11) is 1.72. The fourth-order valence-electron chi connectivity index (χ4n) is 4.66. The highest BCUT2D eigenvalue weighted by molar-refractivity contribution is 6.05. The first-order valence-corrected chi connectivity index (χ1v) is 11.9. The van der Waals surface area contributed by atoms with E-state index in [1.54, 1.807) is 22.7 Å². The Balaban J connectivity index is 1.55. The lowest BCUT2D eigenvalue weighted by Gasteiger charge is -2.38. The maximum atomic E-state index is 13.5. The third-order valence-electron chi connectivity index (χ3n) is 6.60. The van der Waals surface area contributed by atoms with Crippen LogP contribution in [0.15, 0.2) is 72.2 Å². The number of para-hydroxylation sites is 1. The third kappa shape index (κ3) is 4.00. The summed E-state index contributed by atoms with van der Waals surface area (Å²) in [6.07, 6.45) is 4.02. The zero-order valence-corrected chi connectivity index (χ0v) is 20.7. The number of rotatable bonds is 5. The molecule has 8 nitrogen and oxygen atoms in total. The Morgan fingerprint density at radius 1 is 1.14 bits per heavy atom. The highest BCUT2D eigenvalue weighted by Crippen LogP contribution is 2.39. The van der Waals surface area contributed by atoms with E-state index in [0.717, 1.165) is 34.4 Å². The van der Waals surface area contributed by atoms with Crippen molar-refractivity contribution in [3.63, 3.8) is 0 Å². The van der Waals surface area contributed by atoms with E-state index in [1.165, 1.54) is 11.6 Å². The normalized spacial score (nSPS) is 13.0. The van der Waals surface area contributed by atoms with Gasteiger partial charge in [0.25, 0.3) is 11.5 Å². The van der Waals surface area contributed by atoms with E-state index in [-0.39, 0.29) is 11.5 Å². The van der Waals surface area contributed by atoms with Crippen molar-refractivity contribution in [1.29, 1.82) is 0 Å². The van der Waals surface area contributed by atoms with Gasteiger partial charge in [0, 0.05) is 37.4 Å². The van der Waals surface area contributed by atoms with Crippen molar-refractivity contribution in [1.82, 2.24) is 14.5 Å². The molecule has 0 unspecified atom stereocenters. The van der Waals surface area contributed by atoms with Crippen LogP contribution in [0.5, 0.6) is 0 Å². The van der Waals surface area contributed by atoms with Crippen LogP contribution in [0.25, 0.3) is 11.0 Å². The number of hydrogen-bond donors (Lipinski definition) is 1. The van der Waals surface area contributed by atoms with Gasteiger partial charge in [0.15, 0.2) is 0 Å². The molecule has 1 aliphatic heterocycles. The minimum absolute atomic E-state index is 0.158. The third-order valence-corrected chi connectivity index (χ3v) is 6.60. The van der Waals surface area contributed by atoms with E-state index < -0.39 is 0 Å². The Bertz CT molecular complexity index is 1540. The Morgan fingerprint density at radius 2 is 1.92 bits per heavy atom. The molecule has 3 heterocycles. The van der Waals surface area contributed by atoms with Crippen molar-refractivity contribution in [2.24, 2.45) is 7.05 Å². The van der Waals surface area contributed by atoms with Gasteiger partial charge in [0.2, 0.25) is 5.95 Å². The van der Waals surface area contributed by atoms with Crippen molar-refractivity contribution < 1.29 is 4.79 Å². The molecule has 0 saturated carbocycles. The molecule has 4 aromatic rings. The summed E-state index contributed by atoms with van der Waals surface area (Å²) in [5.41, 5.74) is 5.57. The SMILES string of the molecule is C=CC(=O)N1CCN(c2cc3cnc(Nc4ccc(CC)cc4)nc3n(C)c2=O)c2cccc(C)c21. The van der Waals surface area contributed by atoms with Gasteiger partial charge in [0.05, 0.1) is 11.4 Å². The summed E-state index contributed by atoms with van der Waals surface area (Å²) < 4.78 is 1.55. The van der Waals surface area contributed by atoms with Crippen LogP contribution in [-0.2, 0) is 18.3 Å². The zero-order chi connectivity index (χ0) is 25.4. The predicted octanol–water partition coefficient (Wildman–Crippen LogP) is 4.61. The molecule has 1 amide bonds. The van der Waals surface area contributed by atoms with Crippen molar-refractivity contribution in [3.05, 3.63) is 88.9 Å². The van der Waals surface area contributed by atoms with Crippen molar-refractivity contribution >= 4 is 45.6 Å². The van der Waals surface area contributed by atoms with Gasteiger partial charge in [-0.05, 0) is 54.8 Å². The van der Waals surface area contributed by atoms with Crippen LogP contribution in [0.1, 0.15) is 18.1 Å². The van der Waals surface area contributed by atoms with E-state index in [9.17, 15) is 9.59 Å². The highest BCUT2D eigenvalue weighted by Gasteiger charge is 2.29. The summed E-state index contributed by atoms with van der Waals surface area (Å²) >= 11 is 0. The van der Waals surface area contributed by atoms with Gasteiger partial charge in [-0.3, -0.25) is 14.2 Å². The quantitative estimate of drug-likeness (QED) is 0.420. The number of nitrogens with one attached hydrogen (secondary N) is 1. The van der Waals surface area contributed by atoms with Crippen LogP contribution >= 0.6 is 0 Å². The molecule has 182 valence electrons. The van der Waals surface area contributed by atoms with Gasteiger partial charge in [-0.1, -0.05) is 37.8 Å². The number of aryl methyl sites for hydroxylation is 3. The molecule has 8 heteroatoms. The second kappa shape index (κ2) is 9.30. The number of anilines is 5. The summed E-state index contributed by atoms with van der Waals surface area (Å²) in [6, 6.07) is 15.8. The molecule has 0 saturated heterocycles. The highest BCUT2D eigenvalue weighted by atomic mass is 16.2. The summed E-state index contributed by atoms with van der Waals surface area (Å²) in [4.78, 5) is 38.8.